The minimum absolute atomic E-state index is 0.119. The van der Waals surface area contributed by atoms with Gasteiger partial charge in [-0.05, 0) is 0 Å². The van der Waals surface area contributed by atoms with Crippen molar-refractivity contribution in [2.75, 3.05) is 14.2 Å². The second-order valence-corrected chi connectivity index (χ2v) is 4.78. The Balaban J connectivity index is 2.29. The molecule has 1 amide bonds. The number of Topliss-reactive ketones (excluding diaryl/α,β-unsaturated/α-hetero) is 2. The SMILES string of the molecule is COC(=O)C1(OC)C(=O)NC2=C1C(=O)c1ccccc1C2=O. The lowest BCUT2D eigenvalue weighted by atomic mass is 9.81. The molecule has 2 aliphatic rings. The van der Waals surface area contributed by atoms with Crippen molar-refractivity contribution >= 4 is 23.4 Å². The van der Waals surface area contributed by atoms with Gasteiger partial charge in [0.1, 0.15) is 5.70 Å². The molecular weight excluding hydrogens is 290 g/mol. The van der Waals surface area contributed by atoms with Gasteiger partial charge < -0.3 is 14.8 Å². The van der Waals surface area contributed by atoms with Gasteiger partial charge in [0, 0.05) is 18.2 Å². The van der Waals surface area contributed by atoms with E-state index in [-0.39, 0.29) is 22.4 Å². The lowest BCUT2D eigenvalue weighted by Gasteiger charge is -2.25. The summed E-state index contributed by atoms with van der Waals surface area (Å²) < 4.78 is 9.65. The molecule has 112 valence electrons. The van der Waals surface area contributed by atoms with E-state index in [0.717, 1.165) is 14.2 Å². The number of rotatable bonds is 2. The minimum Gasteiger partial charge on any atom is -0.466 e. The molecule has 0 spiro atoms. The summed E-state index contributed by atoms with van der Waals surface area (Å²) in [6.45, 7) is 0. The predicted molar refractivity (Wildman–Crippen MR) is 72.0 cm³/mol. The Morgan fingerprint density at radius 1 is 1.05 bits per heavy atom. The van der Waals surface area contributed by atoms with E-state index in [1.165, 1.54) is 12.1 Å². The van der Waals surface area contributed by atoms with E-state index >= 15 is 0 Å². The molecule has 0 saturated carbocycles. The molecule has 0 fully saturated rings. The number of fused-ring (bicyclic) bond motifs is 1. The maximum absolute atomic E-state index is 12.7. The van der Waals surface area contributed by atoms with Gasteiger partial charge in [-0.2, -0.15) is 0 Å². The van der Waals surface area contributed by atoms with Crippen LogP contribution in [0.1, 0.15) is 20.7 Å². The summed E-state index contributed by atoms with van der Waals surface area (Å²) in [5.41, 5.74) is -2.53. The van der Waals surface area contributed by atoms with Crippen LogP contribution in [0.3, 0.4) is 0 Å². The Bertz CT molecular complexity index is 778. The van der Waals surface area contributed by atoms with Gasteiger partial charge in [0.2, 0.25) is 5.78 Å². The fourth-order valence-corrected chi connectivity index (χ4v) is 2.76. The maximum Gasteiger partial charge on any atom is 0.353 e. The molecule has 0 aromatic heterocycles. The highest BCUT2D eigenvalue weighted by molar-refractivity contribution is 6.35. The Morgan fingerprint density at radius 3 is 2.18 bits per heavy atom. The number of ether oxygens (including phenoxy) is 2. The second kappa shape index (κ2) is 4.60. The van der Waals surface area contributed by atoms with Crippen LogP contribution in [0.5, 0.6) is 0 Å². The van der Waals surface area contributed by atoms with Crippen LogP contribution in [-0.4, -0.2) is 43.3 Å². The molecule has 1 aromatic rings. The number of esters is 1. The van der Waals surface area contributed by atoms with Crippen LogP contribution in [0.2, 0.25) is 0 Å². The number of methoxy groups -OCH3 is 2. The van der Waals surface area contributed by atoms with Crippen LogP contribution in [0.25, 0.3) is 0 Å². The molecule has 1 aliphatic carbocycles. The highest BCUT2D eigenvalue weighted by atomic mass is 16.6. The van der Waals surface area contributed by atoms with E-state index in [4.69, 9.17) is 4.74 Å². The second-order valence-electron chi connectivity index (χ2n) is 4.78. The zero-order chi connectivity index (χ0) is 16.1. The van der Waals surface area contributed by atoms with E-state index in [1.54, 1.807) is 12.1 Å². The first-order chi connectivity index (χ1) is 10.5. The summed E-state index contributed by atoms with van der Waals surface area (Å²) in [6.07, 6.45) is 0. The molecule has 1 aromatic carbocycles. The van der Waals surface area contributed by atoms with E-state index in [1.807, 2.05) is 0 Å². The van der Waals surface area contributed by atoms with Crippen molar-refractivity contribution in [3.63, 3.8) is 0 Å². The number of amides is 1. The number of nitrogens with one attached hydrogen (secondary N) is 1. The van der Waals surface area contributed by atoms with E-state index in [9.17, 15) is 19.2 Å². The summed E-state index contributed by atoms with van der Waals surface area (Å²) >= 11 is 0. The molecular formula is C15H11NO6. The van der Waals surface area contributed by atoms with Gasteiger partial charge in [-0.1, -0.05) is 24.3 Å². The third kappa shape index (κ3) is 1.48. The molecule has 3 rings (SSSR count). The summed E-state index contributed by atoms with van der Waals surface area (Å²) in [4.78, 5) is 49.5. The van der Waals surface area contributed by atoms with Crippen molar-refractivity contribution in [1.29, 1.82) is 0 Å². The van der Waals surface area contributed by atoms with Crippen LogP contribution < -0.4 is 5.32 Å². The van der Waals surface area contributed by atoms with Crippen molar-refractivity contribution in [3.05, 3.63) is 46.7 Å². The molecule has 1 atom stereocenters. The van der Waals surface area contributed by atoms with Crippen LogP contribution in [0.15, 0.2) is 35.5 Å². The van der Waals surface area contributed by atoms with Gasteiger partial charge >= 0.3 is 5.97 Å². The van der Waals surface area contributed by atoms with E-state index in [0.29, 0.717) is 0 Å². The topological polar surface area (TPSA) is 98.8 Å². The first kappa shape index (κ1) is 14.2. The molecule has 22 heavy (non-hydrogen) atoms. The summed E-state index contributed by atoms with van der Waals surface area (Å²) in [7, 11) is 2.17. The number of hydrogen-bond donors (Lipinski definition) is 1. The monoisotopic (exact) mass is 301 g/mol. The van der Waals surface area contributed by atoms with Gasteiger partial charge in [-0.25, -0.2) is 4.79 Å². The third-order valence-electron chi connectivity index (χ3n) is 3.81. The maximum atomic E-state index is 12.7. The number of ketones is 2. The first-order valence-corrected chi connectivity index (χ1v) is 6.37. The van der Waals surface area contributed by atoms with Gasteiger partial charge in [-0.15, -0.1) is 0 Å². The van der Waals surface area contributed by atoms with Crippen LogP contribution >= 0.6 is 0 Å². The summed E-state index contributed by atoms with van der Waals surface area (Å²) in [5, 5.41) is 2.28. The van der Waals surface area contributed by atoms with Crippen molar-refractivity contribution < 1.29 is 28.7 Å². The average molecular weight is 301 g/mol. The molecule has 1 N–H and O–H groups in total. The van der Waals surface area contributed by atoms with Crippen LogP contribution in [0, 0.1) is 0 Å². The van der Waals surface area contributed by atoms with Crippen LogP contribution in [0.4, 0.5) is 0 Å². The first-order valence-electron chi connectivity index (χ1n) is 6.37. The number of hydrogen-bond acceptors (Lipinski definition) is 6. The lowest BCUT2D eigenvalue weighted by molar-refractivity contribution is -0.166. The molecule has 7 heteroatoms. The van der Waals surface area contributed by atoms with Crippen molar-refractivity contribution in [2.24, 2.45) is 0 Å². The normalized spacial score (nSPS) is 23.1. The van der Waals surface area contributed by atoms with E-state index < -0.39 is 29.0 Å². The van der Waals surface area contributed by atoms with E-state index in [2.05, 4.69) is 10.1 Å². The smallest absolute Gasteiger partial charge is 0.353 e. The quantitative estimate of drug-likeness (QED) is 0.610. The number of carbonyl (C=O) groups is 4. The van der Waals surface area contributed by atoms with Crippen molar-refractivity contribution in [3.8, 4) is 0 Å². The predicted octanol–water partition coefficient (Wildman–Crippen LogP) is 0.00770. The molecule has 0 bridgehead atoms. The number of carbonyl (C=O) groups excluding carboxylic acids is 4. The Morgan fingerprint density at radius 2 is 1.64 bits per heavy atom. The summed E-state index contributed by atoms with van der Waals surface area (Å²) in [5.74, 6) is -3.13. The molecule has 1 aliphatic heterocycles. The fraction of sp³-hybridized carbons (Fsp3) is 0.200. The van der Waals surface area contributed by atoms with Gasteiger partial charge in [0.25, 0.3) is 11.5 Å². The van der Waals surface area contributed by atoms with Crippen molar-refractivity contribution in [2.45, 2.75) is 5.60 Å². The fourth-order valence-electron chi connectivity index (χ4n) is 2.76. The lowest BCUT2D eigenvalue weighted by Crippen LogP contribution is -2.52. The van der Waals surface area contributed by atoms with Crippen LogP contribution in [-0.2, 0) is 19.1 Å². The van der Waals surface area contributed by atoms with Gasteiger partial charge in [-0.3, -0.25) is 14.4 Å². The zero-order valence-corrected chi connectivity index (χ0v) is 11.8. The highest BCUT2D eigenvalue weighted by Gasteiger charge is 2.61. The van der Waals surface area contributed by atoms with Gasteiger partial charge in [0.15, 0.2) is 5.78 Å². The molecule has 7 nitrogen and oxygen atoms in total. The number of allylic oxidation sites excluding steroid dienone is 1. The minimum atomic E-state index is -2.26. The van der Waals surface area contributed by atoms with Gasteiger partial charge in [0.05, 0.1) is 12.7 Å². The Labute approximate surface area is 124 Å². The zero-order valence-electron chi connectivity index (χ0n) is 11.8. The standard InChI is InChI=1S/C15H11NO6/c1-21-14(20)15(22-2)9-10(16-13(15)19)12(18)8-6-4-3-5-7(8)11(9)17/h3-6H,1-2H3,(H,16,19). The highest BCUT2D eigenvalue weighted by Crippen LogP contribution is 2.38. The van der Waals surface area contributed by atoms with Crippen molar-refractivity contribution in [1.82, 2.24) is 5.32 Å². The Kier molecular flexibility index (Phi) is 2.96. The average Bonchev–Trinajstić information content (AvgIpc) is 2.85. The molecule has 1 heterocycles. The summed E-state index contributed by atoms with van der Waals surface area (Å²) in [6, 6.07) is 6.14. The third-order valence-corrected chi connectivity index (χ3v) is 3.81. The number of benzene rings is 1. The molecule has 0 radical (unpaired) electrons. The Hall–Kier alpha value is -2.80. The largest absolute Gasteiger partial charge is 0.466 e. The molecule has 0 saturated heterocycles. The molecule has 1 unspecified atom stereocenters.